The summed E-state index contributed by atoms with van der Waals surface area (Å²) in [6, 6.07) is 1.50. The summed E-state index contributed by atoms with van der Waals surface area (Å²) >= 11 is 0. The van der Waals surface area contributed by atoms with E-state index in [0.717, 1.165) is 26.2 Å². The molecule has 116 valence electrons. The summed E-state index contributed by atoms with van der Waals surface area (Å²) in [5.74, 6) is 0. The number of nitrogens with zero attached hydrogens (tertiary/aromatic N) is 1. The summed E-state index contributed by atoms with van der Waals surface area (Å²) < 4.78 is 0. The Labute approximate surface area is 123 Å². The van der Waals surface area contributed by atoms with Crippen molar-refractivity contribution >= 4 is 6.21 Å². The molecule has 0 saturated heterocycles. The highest BCUT2D eigenvalue weighted by Crippen LogP contribution is 1.96. The zero-order chi connectivity index (χ0) is 14.8. The van der Waals surface area contributed by atoms with E-state index in [0.29, 0.717) is 18.1 Å². The lowest BCUT2D eigenvalue weighted by molar-refractivity contribution is 0.433. The van der Waals surface area contributed by atoms with Crippen molar-refractivity contribution in [3.63, 3.8) is 0 Å². The van der Waals surface area contributed by atoms with Crippen molar-refractivity contribution in [3.05, 3.63) is 12.3 Å². The Bertz CT molecular complexity index is 303. The Morgan fingerprint density at radius 3 is 2.20 bits per heavy atom. The first-order valence-electron chi connectivity index (χ1n) is 7.73. The number of hydrogen-bond acceptors (Lipinski definition) is 5. The first-order chi connectivity index (χ1) is 9.61. The van der Waals surface area contributed by atoms with Gasteiger partial charge >= 0.3 is 0 Å². The normalized spacial score (nSPS) is 37.8. The number of aliphatic imine (C=N–C) groups is 1. The Hall–Kier alpha value is -0.910. The molecule has 1 aliphatic rings. The average Bonchev–Trinajstić information content (AvgIpc) is 2.43. The Morgan fingerprint density at radius 2 is 1.50 bits per heavy atom. The molecule has 4 atom stereocenters. The molecule has 20 heavy (non-hydrogen) atoms. The number of rotatable bonds is 0. The maximum Gasteiger partial charge on any atom is 0.0621 e. The van der Waals surface area contributed by atoms with Crippen LogP contribution in [0.2, 0.25) is 0 Å². The highest BCUT2D eigenvalue weighted by molar-refractivity contribution is 5.71. The zero-order valence-corrected chi connectivity index (χ0v) is 13.3. The molecule has 0 aromatic carbocycles. The smallest absolute Gasteiger partial charge is 0.0621 e. The van der Waals surface area contributed by atoms with Crippen molar-refractivity contribution in [2.45, 2.75) is 51.9 Å². The minimum atomic E-state index is 0.283. The van der Waals surface area contributed by atoms with Gasteiger partial charge in [0.05, 0.1) is 6.04 Å². The molecule has 1 rings (SSSR count). The van der Waals surface area contributed by atoms with Gasteiger partial charge in [-0.05, 0) is 40.0 Å². The minimum absolute atomic E-state index is 0.283. The second-order valence-corrected chi connectivity index (χ2v) is 5.59. The van der Waals surface area contributed by atoms with Crippen molar-refractivity contribution in [1.29, 1.82) is 0 Å². The molecular formula is C15H31N5. The van der Waals surface area contributed by atoms with Gasteiger partial charge in [0.2, 0.25) is 0 Å². The molecule has 0 fully saturated rings. The molecule has 5 heteroatoms. The molecule has 0 amide bonds. The molecule has 0 aliphatic carbocycles. The third-order valence-corrected chi connectivity index (χ3v) is 3.87. The van der Waals surface area contributed by atoms with Gasteiger partial charge in [-0.15, -0.1) is 0 Å². The van der Waals surface area contributed by atoms with Crippen LogP contribution >= 0.6 is 0 Å². The zero-order valence-electron chi connectivity index (χ0n) is 13.3. The van der Waals surface area contributed by atoms with Crippen LogP contribution in [0.15, 0.2) is 17.3 Å². The van der Waals surface area contributed by atoms with Gasteiger partial charge in [-0.3, -0.25) is 4.99 Å². The minimum Gasteiger partial charge on any atom is -0.387 e. The van der Waals surface area contributed by atoms with Crippen molar-refractivity contribution in [2.24, 2.45) is 4.99 Å². The van der Waals surface area contributed by atoms with Crippen LogP contribution in [0.4, 0.5) is 0 Å². The van der Waals surface area contributed by atoms with Gasteiger partial charge in [-0.25, -0.2) is 0 Å². The molecule has 0 bridgehead atoms. The molecule has 1 aliphatic heterocycles. The van der Waals surface area contributed by atoms with Gasteiger partial charge < -0.3 is 21.3 Å². The molecule has 0 saturated carbocycles. The first-order valence-corrected chi connectivity index (χ1v) is 7.73. The molecule has 1 heterocycles. The van der Waals surface area contributed by atoms with Crippen LogP contribution in [0.25, 0.3) is 0 Å². The molecule has 0 radical (unpaired) electrons. The molecule has 0 unspecified atom stereocenters. The summed E-state index contributed by atoms with van der Waals surface area (Å²) in [6.07, 6.45) is 5.83. The SMILES string of the molecule is C[C@H]1/N=C/C=C\N[C@H](C)[C@@H](C)NCCNCCN[C@@H]1C. The highest BCUT2D eigenvalue weighted by atomic mass is 15.0. The van der Waals surface area contributed by atoms with Crippen LogP contribution < -0.4 is 21.3 Å². The molecular weight excluding hydrogens is 250 g/mol. The van der Waals surface area contributed by atoms with Crippen molar-refractivity contribution < 1.29 is 0 Å². The van der Waals surface area contributed by atoms with E-state index in [9.17, 15) is 0 Å². The van der Waals surface area contributed by atoms with E-state index in [2.05, 4.69) is 54.0 Å². The van der Waals surface area contributed by atoms with Gasteiger partial charge in [0.25, 0.3) is 0 Å². The Kier molecular flexibility index (Phi) is 8.49. The maximum absolute atomic E-state index is 4.53. The quantitative estimate of drug-likeness (QED) is 0.522. The third-order valence-electron chi connectivity index (χ3n) is 3.87. The van der Waals surface area contributed by atoms with Crippen LogP contribution in [0.1, 0.15) is 27.7 Å². The van der Waals surface area contributed by atoms with Crippen LogP contribution in [0.5, 0.6) is 0 Å². The predicted molar refractivity (Wildman–Crippen MR) is 87.5 cm³/mol. The highest BCUT2D eigenvalue weighted by Gasteiger charge is 2.10. The lowest BCUT2D eigenvalue weighted by atomic mass is 10.1. The summed E-state index contributed by atoms with van der Waals surface area (Å²) in [5, 5.41) is 13.8. The molecule has 0 spiro atoms. The second kappa shape index (κ2) is 9.91. The van der Waals surface area contributed by atoms with Crippen molar-refractivity contribution in [3.8, 4) is 0 Å². The Balaban J connectivity index is 2.52. The number of nitrogens with one attached hydrogen (secondary N) is 4. The van der Waals surface area contributed by atoms with Crippen LogP contribution in [0.3, 0.4) is 0 Å². The van der Waals surface area contributed by atoms with E-state index in [1.807, 2.05) is 18.5 Å². The first kappa shape index (κ1) is 17.1. The van der Waals surface area contributed by atoms with E-state index in [1.54, 1.807) is 0 Å². The van der Waals surface area contributed by atoms with E-state index < -0.39 is 0 Å². The lowest BCUT2D eigenvalue weighted by Gasteiger charge is -2.22. The fraction of sp³-hybridized carbons (Fsp3) is 0.800. The molecule has 0 aromatic rings. The average molecular weight is 281 g/mol. The summed E-state index contributed by atoms with van der Waals surface area (Å²) in [6.45, 7) is 12.7. The van der Waals surface area contributed by atoms with Crippen LogP contribution in [-0.2, 0) is 0 Å². The monoisotopic (exact) mass is 281 g/mol. The van der Waals surface area contributed by atoms with Crippen LogP contribution in [0, 0.1) is 0 Å². The van der Waals surface area contributed by atoms with Crippen molar-refractivity contribution in [1.82, 2.24) is 21.3 Å². The van der Waals surface area contributed by atoms with Gasteiger partial charge in [0.1, 0.15) is 0 Å². The largest absolute Gasteiger partial charge is 0.387 e. The van der Waals surface area contributed by atoms with Gasteiger partial charge in [0.15, 0.2) is 0 Å². The molecule has 0 aromatic heterocycles. The van der Waals surface area contributed by atoms with E-state index >= 15 is 0 Å². The van der Waals surface area contributed by atoms with E-state index in [1.165, 1.54) is 0 Å². The van der Waals surface area contributed by atoms with Crippen LogP contribution in [-0.4, -0.2) is 56.6 Å². The molecule has 4 N–H and O–H groups in total. The fourth-order valence-electron chi connectivity index (χ4n) is 1.96. The maximum atomic E-state index is 4.53. The topological polar surface area (TPSA) is 60.5 Å². The second-order valence-electron chi connectivity index (χ2n) is 5.59. The van der Waals surface area contributed by atoms with Gasteiger partial charge in [0, 0.05) is 50.5 Å². The third kappa shape index (κ3) is 7.03. The van der Waals surface area contributed by atoms with E-state index in [4.69, 9.17) is 0 Å². The standard InChI is InChI=1S/C15H31N5/c1-12-14(3)19-10-8-16-9-11-20-15(4)13(2)18-7-5-6-17-12/h5-7,12-17,19-20H,8-11H2,1-4H3/b6-5-,18-7+/t12-,13-,14-,15-/m1/s1. The number of allylic oxidation sites excluding steroid dienone is 1. The van der Waals surface area contributed by atoms with Crippen molar-refractivity contribution in [2.75, 3.05) is 26.2 Å². The van der Waals surface area contributed by atoms with E-state index in [-0.39, 0.29) is 6.04 Å². The lowest BCUT2D eigenvalue weighted by Crippen LogP contribution is -2.45. The summed E-state index contributed by atoms with van der Waals surface area (Å²) in [4.78, 5) is 4.53. The van der Waals surface area contributed by atoms with Gasteiger partial charge in [-0.2, -0.15) is 0 Å². The summed E-state index contributed by atoms with van der Waals surface area (Å²) in [5.41, 5.74) is 0. The number of hydrogen-bond donors (Lipinski definition) is 4. The predicted octanol–water partition coefficient (Wildman–Crippen LogP) is 0.497. The Morgan fingerprint density at radius 1 is 0.850 bits per heavy atom. The molecule has 5 nitrogen and oxygen atoms in total. The fourth-order valence-corrected chi connectivity index (χ4v) is 1.96. The van der Waals surface area contributed by atoms with Gasteiger partial charge in [-0.1, -0.05) is 0 Å². The summed E-state index contributed by atoms with van der Waals surface area (Å²) in [7, 11) is 0.